The molecule has 0 spiro atoms. The quantitative estimate of drug-likeness (QED) is 0.342. The Morgan fingerprint density at radius 3 is 2.09 bits per heavy atom. The van der Waals surface area contributed by atoms with Gasteiger partial charge < -0.3 is 19.2 Å². The van der Waals surface area contributed by atoms with Crippen molar-refractivity contribution in [3.05, 3.63) is 95.4 Å². The van der Waals surface area contributed by atoms with Crippen LogP contribution in [0.5, 0.6) is 11.5 Å². The minimum atomic E-state index is -0.167. The van der Waals surface area contributed by atoms with E-state index in [9.17, 15) is 4.79 Å². The van der Waals surface area contributed by atoms with Crippen LogP contribution in [0.15, 0.2) is 82.4 Å². The molecule has 8 heteroatoms. The third-order valence-electron chi connectivity index (χ3n) is 4.89. The number of hydrogen-bond donors (Lipinski definition) is 1. The summed E-state index contributed by atoms with van der Waals surface area (Å²) in [6, 6.07) is 22.4. The summed E-state index contributed by atoms with van der Waals surface area (Å²) in [4.78, 5) is 12.5. The number of hydrogen-bond acceptors (Lipinski definition) is 7. The Morgan fingerprint density at radius 1 is 0.848 bits per heavy atom. The number of anilines is 1. The summed E-state index contributed by atoms with van der Waals surface area (Å²) in [7, 11) is 3.24. The standard InChI is InChI=1S/C25H23N3O4S/c1-30-21-11-5-17(6-12-21)15-23-27-28-25(32-23)33-16-18-3-7-19(8-4-18)24(29)26-20-9-13-22(31-2)14-10-20/h3-14H,15-16H2,1-2H3,(H,26,29). The third kappa shape index (κ3) is 6.14. The molecule has 3 aromatic carbocycles. The second-order valence-electron chi connectivity index (χ2n) is 7.15. The normalized spacial score (nSPS) is 10.6. The summed E-state index contributed by atoms with van der Waals surface area (Å²) in [6.07, 6.45) is 0.565. The fourth-order valence-corrected chi connectivity index (χ4v) is 3.80. The predicted octanol–water partition coefficient (Wildman–Crippen LogP) is 5.22. The number of benzene rings is 3. The zero-order chi connectivity index (χ0) is 23.0. The number of nitrogens with zero attached hydrogens (tertiary/aromatic N) is 2. The van der Waals surface area contributed by atoms with E-state index in [1.165, 1.54) is 11.8 Å². The topological polar surface area (TPSA) is 86.5 Å². The predicted molar refractivity (Wildman–Crippen MR) is 127 cm³/mol. The Bertz CT molecular complexity index is 1190. The van der Waals surface area contributed by atoms with Crippen molar-refractivity contribution in [2.24, 2.45) is 0 Å². The summed E-state index contributed by atoms with van der Waals surface area (Å²) in [5.74, 6) is 2.60. The van der Waals surface area contributed by atoms with Crippen LogP contribution in [0.1, 0.15) is 27.4 Å². The summed E-state index contributed by atoms with van der Waals surface area (Å²) in [5, 5.41) is 11.6. The first kappa shape index (κ1) is 22.4. The maximum Gasteiger partial charge on any atom is 0.276 e. The van der Waals surface area contributed by atoms with Gasteiger partial charge in [0.25, 0.3) is 11.1 Å². The number of carbonyl (C=O) groups is 1. The van der Waals surface area contributed by atoms with Gasteiger partial charge in [-0.2, -0.15) is 0 Å². The second-order valence-corrected chi connectivity index (χ2v) is 8.08. The van der Waals surface area contributed by atoms with E-state index in [2.05, 4.69) is 15.5 Å². The van der Waals surface area contributed by atoms with Gasteiger partial charge in [0.1, 0.15) is 11.5 Å². The summed E-state index contributed by atoms with van der Waals surface area (Å²) in [6.45, 7) is 0. The van der Waals surface area contributed by atoms with E-state index < -0.39 is 0 Å². The van der Waals surface area contributed by atoms with E-state index in [1.54, 1.807) is 50.6 Å². The molecule has 0 atom stereocenters. The smallest absolute Gasteiger partial charge is 0.276 e. The lowest BCUT2D eigenvalue weighted by atomic mass is 10.1. The fraction of sp³-hybridized carbons (Fsp3) is 0.160. The van der Waals surface area contributed by atoms with Gasteiger partial charge in [-0.1, -0.05) is 36.0 Å². The number of ether oxygens (including phenoxy) is 2. The first-order valence-corrected chi connectivity index (χ1v) is 11.2. The summed E-state index contributed by atoms with van der Waals surface area (Å²) in [5.41, 5.74) is 3.41. The molecule has 1 amide bonds. The van der Waals surface area contributed by atoms with Gasteiger partial charge >= 0.3 is 0 Å². The number of nitrogens with one attached hydrogen (secondary N) is 1. The molecule has 7 nitrogen and oxygen atoms in total. The molecular weight excluding hydrogens is 438 g/mol. The van der Waals surface area contributed by atoms with Crippen LogP contribution < -0.4 is 14.8 Å². The molecule has 0 aliphatic heterocycles. The first-order chi connectivity index (χ1) is 16.1. The largest absolute Gasteiger partial charge is 0.497 e. The maximum absolute atomic E-state index is 12.5. The van der Waals surface area contributed by atoms with E-state index in [4.69, 9.17) is 13.9 Å². The van der Waals surface area contributed by atoms with Crippen molar-refractivity contribution in [3.8, 4) is 11.5 Å². The van der Waals surface area contributed by atoms with Gasteiger partial charge in [0.15, 0.2) is 0 Å². The van der Waals surface area contributed by atoms with E-state index >= 15 is 0 Å². The molecule has 1 heterocycles. The van der Waals surface area contributed by atoms with Crippen molar-refractivity contribution in [1.29, 1.82) is 0 Å². The zero-order valence-corrected chi connectivity index (χ0v) is 19.1. The van der Waals surface area contributed by atoms with Gasteiger partial charge in [0.2, 0.25) is 5.89 Å². The van der Waals surface area contributed by atoms with Crippen LogP contribution in [-0.4, -0.2) is 30.3 Å². The molecule has 0 saturated carbocycles. The zero-order valence-electron chi connectivity index (χ0n) is 18.3. The molecule has 0 saturated heterocycles. The third-order valence-corrected chi connectivity index (χ3v) is 5.78. The fourth-order valence-electron chi connectivity index (χ4n) is 3.06. The van der Waals surface area contributed by atoms with Gasteiger partial charge in [-0.3, -0.25) is 4.79 Å². The summed E-state index contributed by atoms with van der Waals surface area (Å²) < 4.78 is 16.0. The van der Waals surface area contributed by atoms with Crippen molar-refractivity contribution in [2.75, 3.05) is 19.5 Å². The highest BCUT2D eigenvalue weighted by Gasteiger charge is 2.10. The molecule has 0 bridgehead atoms. The molecule has 4 rings (SSSR count). The number of methoxy groups -OCH3 is 2. The molecular formula is C25H23N3O4S. The Balaban J connectivity index is 1.28. The van der Waals surface area contributed by atoms with E-state index in [0.717, 1.165) is 22.6 Å². The summed E-state index contributed by atoms with van der Waals surface area (Å²) >= 11 is 1.46. The highest BCUT2D eigenvalue weighted by molar-refractivity contribution is 7.98. The Labute approximate surface area is 196 Å². The Hall–Kier alpha value is -3.78. The lowest BCUT2D eigenvalue weighted by Crippen LogP contribution is -2.11. The van der Waals surface area contributed by atoms with Gasteiger partial charge in [-0.25, -0.2) is 0 Å². The van der Waals surface area contributed by atoms with Crippen molar-refractivity contribution in [2.45, 2.75) is 17.4 Å². The molecule has 0 aliphatic carbocycles. The average molecular weight is 462 g/mol. The molecule has 0 unspecified atom stereocenters. The average Bonchev–Trinajstić information content (AvgIpc) is 3.31. The van der Waals surface area contributed by atoms with Gasteiger partial charge in [0.05, 0.1) is 20.6 Å². The molecule has 33 heavy (non-hydrogen) atoms. The van der Waals surface area contributed by atoms with Crippen LogP contribution >= 0.6 is 11.8 Å². The number of carbonyl (C=O) groups excluding carboxylic acids is 1. The second kappa shape index (κ2) is 10.7. The highest BCUT2D eigenvalue weighted by Crippen LogP contribution is 2.23. The molecule has 0 aliphatic rings. The SMILES string of the molecule is COc1ccc(Cc2nnc(SCc3ccc(C(=O)Nc4ccc(OC)cc4)cc3)o2)cc1. The minimum absolute atomic E-state index is 0.167. The van der Waals surface area contributed by atoms with E-state index in [1.807, 2.05) is 36.4 Å². The van der Waals surface area contributed by atoms with Crippen molar-refractivity contribution >= 4 is 23.4 Å². The monoisotopic (exact) mass is 461 g/mol. The number of amides is 1. The molecule has 4 aromatic rings. The van der Waals surface area contributed by atoms with Crippen molar-refractivity contribution < 1.29 is 18.7 Å². The van der Waals surface area contributed by atoms with Crippen LogP contribution in [-0.2, 0) is 12.2 Å². The highest BCUT2D eigenvalue weighted by atomic mass is 32.2. The van der Waals surface area contributed by atoms with E-state index in [-0.39, 0.29) is 5.91 Å². The van der Waals surface area contributed by atoms with Crippen LogP contribution in [0.3, 0.4) is 0 Å². The molecule has 168 valence electrons. The van der Waals surface area contributed by atoms with Crippen molar-refractivity contribution in [3.63, 3.8) is 0 Å². The van der Waals surface area contributed by atoms with Crippen LogP contribution in [0, 0.1) is 0 Å². The lowest BCUT2D eigenvalue weighted by molar-refractivity contribution is 0.102. The van der Waals surface area contributed by atoms with Gasteiger partial charge in [-0.05, 0) is 59.7 Å². The first-order valence-electron chi connectivity index (χ1n) is 10.3. The van der Waals surface area contributed by atoms with Crippen LogP contribution in [0.25, 0.3) is 0 Å². The molecule has 1 N–H and O–H groups in total. The molecule has 0 radical (unpaired) electrons. The number of aromatic nitrogens is 2. The number of rotatable bonds is 9. The Morgan fingerprint density at radius 2 is 1.45 bits per heavy atom. The lowest BCUT2D eigenvalue weighted by Gasteiger charge is -2.07. The van der Waals surface area contributed by atoms with Gasteiger partial charge in [0, 0.05) is 17.0 Å². The van der Waals surface area contributed by atoms with Crippen LogP contribution in [0.4, 0.5) is 5.69 Å². The van der Waals surface area contributed by atoms with Gasteiger partial charge in [-0.15, -0.1) is 10.2 Å². The Kier molecular flexibility index (Phi) is 7.26. The number of thioether (sulfide) groups is 1. The minimum Gasteiger partial charge on any atom is -0.497 e. The van der Waals surface area contributed by atoms with Crippen LogP contribution in [0.2, 0.25) is 0 Å². The molecule has 0 fully saturated rings. The van der Waals surface area contributed by atoms with E-state index in [0.29, 0.717) is 34.5 Å². The van der Waals surface area contributed by atoms with Crippen molar-refractivity contribution in [1.82, 2.24) is 10.2 Å². The molecule has 1 aromatic heterocycles. The maximum atomic E-state index is 12.5.